The van der Waals surface area contributed by atoms with Crippen molar-refractivity contribution in [1.82, 2.24) is 20.1 Å². The van der Waals surface area contributed by atoms with E-state index in [-0.39, 0.29) is 12.3 Å². The normalized spacial score (nSPS) is 10.9. The van der Waals surface area contributed by atoms with E-state index in [0.717, 1.165) is 21.5 Å². The standard InChI is InChI=1S/C18H15N5O3S/c1-25-12-2-3-13-14(10-12)27-18(20-13)21-15(24)4-5-16-22-17(23-26-16)11-6-8-19-9-7-11/h2-3,6-10H,4-5H2,1H3,(H,20,21,24). The number of aromatic nitrogens is 4. The molecule has 3 aromatic heterocycles. The lowest BCUT2D eigenvalue weighted by molar-refractivity contribution is -0.116. The molecular weight excluding hydrogens is 366 g/mol. The van der Waals surface area contributed by atoms with Crippen LogP contribution in [0.15, 0.2) is 47.2 Å². The molecule has 8 nitrogen and oxygen atoms in total. The first kappa shape index (κ1) is 17.1. The highest BCUT2D eigenvalue weighted by molar-refractivity contribution is 7.22. The van der Waals surface area contributed by atoms with Crippen molar-refractivity contribution in [1.29, 1.82) is 0 Å². The fourth-order valence-corrected chi connectivity index (χ4v) is 3.37. The number of nitrogens with zero attached hydrogens (tertiary/aromatic N) is 4. The lowest BCUT2D eigenvalue weighted by atomic mass is 10.2. The Balaban J connectivity index is 1.37. The molecule has 1 aromatic carbocycles. The number of hydrogen-bond donors (Lipinski definition) is 1. The molecule has 4 aromatic rings. The van der Waals surface area contributed by atoms with Crippen LogP contribution in [0.3, 0.4) is 0 Å². The molecule has 27 heavy (non-hydrogen) atoms. The molecule has 0 aliphatic carbocycles. The van der Waals surface area contributed by atoms with E-state index in [1.54, 1.807) is 31.6 Å². The van der Waals surface area contributed by atoms with Gasteiger partial charge in [0.25, 0.3) is 0 Å². The molecule has 0 saturated heterocycles. The second-order valence-electron chi connectivity index (χ2n) is 5.65. The molecule has 0 aliphatic heterocycles. The van der Waals surface area contributed by atoms with Crippen molar-refractivity contribution < 1.29 is 14.1 Å². The second kappa shape index (κ2) is 7.50. The SMILES string of the molecule is COc1ccc2nc(NC(=O)CCc3nc(-c4ccncc4)no3)sc2c1. The van der Waals surface area contributed by atoms with Crippen LogP contribution in [0.25, 0.3) is 21.6 Å². The Kier molecular flexibility index (Phi) is 4.75. The lowest BCUT2D eigenvalue weighted by Crippen LogP contribution is -2.12. The molecule has 0 aliphatic rings. The third kappa shape index (κ3) is 3.93. The summed E-state index contributed by atoms with van der Waals surface area (Å²) in [5.74, 6) is 1.48. The van der Waals surface area contributed by atoms with Crippen LogP contribution >= 0.6 is 11.3 Å². The molecule has 0 bridgehead atoms. The number of fused-ring (bicyclic) bond motifs is 1. The first-order valence-corrected chi connectivity index (χ1v) is 9.00. The van der Waals surface area contributed by atoms with E-state index in [9.17, 15) is 4.79 Å². The Morgan fingerprint density at radius 3 is 2.89 bits per heavy atom. The van der Waals surface area contributed by atoms with Crippen molar-refractivity contribution in [3.05, 3.63) is 48.6 Å². The monoisotopic (exact) mass is 381 g/mol. The maximum absolute atomic E-state index is 12.2. The number of nitrogens with one attached hydrogen (secondary N) is 1. The molecule has 0 saturated carbocycles. The molecule has 0 atom stereocenters. The quantitative estimate of drug-likeness (QED) is 0.546. The summed E-state index contributed by atoms with van der Waals surface area (Å²) in [6, 6.07) is 9.18. The molecule has 1 N–H and O–H groups in total. The van der Waals surface area contributed by atoms with E-state index in [0.29, 0.717) is 23.3 Å². The van der Waals surface area contributed by atoms with Gasteiger partial charge in [-0.15, -0.1) is 0 Å². The summed E-state index contributed by atoms with van der Waals surface area (Å²) in [4.78, 5) is 24.8. The van der Waals surface area contributed by atoms with E-state index in [1.165, 1.54) is 11.3 Å². The number of amides is 1. The van der Waals surface area contributed by atoms with E-state index < -0.39 is 0 Å². The third-order valence-electron chi connectivity index (χ3n) is 3.81. The molecule has 0 radical (unpaired) electrons. The van der Waals surface area contributed by atoms with Crippen molar-refractivity contribution in [2.75, 3.05) is 12.4 Å². The number of pyridine rings is 1. The molecular formula is C18H15N5O3S. The van der Waals surface area contributed by atoms with Crippen LogP contribution < -0.4 is 10.1 Å². The average molecular weight is 381 g/mol. The maximum atomic E-state index is 12.2. The molecule has 136 valence electrons. The van der Waals surface area contributed by atoms with E-state index in [4.69, 9.17) is 9.26 Å². The highest BCUT2D eigenvalue weighted by atomic mass is 32.1. The van der Waals surface area contributed by atoms with E-state index in [2.05, 4.69) is 25.4 Å². The largest absolute Gasteiger partial charge is 0.497 e. The van der Waals surface area contributed by atoms with Crippen molar-refractivity contribution in [3.63, 3.8) is 0 Å². The summed E-state index contributed by atoms with van der Waals surface area (Å²) in [6.07, 6.45) is 3.89. The molecule has 0 spiro atoms. The van der Waals surface area contributed by atoms with Gasteiger partial charge in [0.2, 0.25) is 17.6 Å². The zero-order valence-electron chi connectivity index (χ0n) is 14.4. The van der Waals surface area contributed by atoms with Gasteiger partial charge in [-0.2, -0.15) is 4.98 Å². The Hall–Kier alpha value is -3.33. The van der Waals surface area contributed by atoms with Crippen molar-refractivity contribution in [2.24, 2.45) is 0 Å². The molecule has 0 fully saturated rings. The molecule has 0 unspecified atom stereocenters. The van der Waals surface area contributed by atoms with Crippen molar-refractivity contribution >= 4 is 32.6 Å². The smallest absolute Gasteiger partial charge is 0.227 e. The summed E-state index contributed by atoms with van der Waals surface area (Å²) in [5.41, 5.74) is 1.63. The third-order valence-corrected chi connectivity index (χ3v) is 4.75. The Bertz CT molecular complexity index is 1080. The topological polar surface area (TPSA) is 103 Å². The number of anilines is 1. The van der Waals surface area contributed by atoms with Crippen molar-refractivity contribution in [3.8, 4) is 17.1 Å². The molecule has 1 amide bonds. The van der Waals surface area contributed by atoms with Crippen molar-refractivity contribution in [2.45, 2.75) is 12.8 Å². The van der Waals surface area contributed by atoms with Gasteiger partial charge in [-0.3, -0.25) is 9.78 Å². The number of carbonyl (C=O) groups excluding carboxylic acids is 1. The Morgan fingerprint density at radius 1 is 1.22 bits per heavy atom. The fourth-order valence-electron chi connectivity index (χ4n) is 2.46. The van der Waals surface area contributed by atoms with Crippen LogP contribution in [0.2, 0.25) is 0 Å². The van der Waals surface area contributed by atoms with Crippen LogP contribution in [0, 0.1) is 0 Å². The van der Waals surface area contributed by atoms with Crippen LogP contribution in [-0.2, 0) is 11.2 Å². The number of methoxy groups -OCH3 is 1. The van der Waals surface area contributed by atoms with Gasteiger partial charge in [-0.05, 0) is 30.3 Å². The number of carbonyl (C=O) groups is 1. The van der Waals surface area contributed by atoms with Gasteiger partial charge in [0.15, 0.2) is 5.13 Å². The summed E-state index contributed by atoms with van der Waals surface area (Å²) in [7, 11) is 1.61. The van der Waals surface area contributed by atoms with Gasteiger partial charge >= 0.3 is 0 Å². The van der Waals surface area contributed by atoms with Crippen LogP contribution in [-0.4, -0.2) is 33.1 Å². The minimum absolute atomic E-state index is 0.162. The van der Waals surface area contributed by atoms with E-state index >= 15 is 0 Å². The number of benzene rings is 1. The predicted octanol–water partition coefficient (Wildman–Crippen LogP) is 3.32. The first-order valence-electron chi connectivity index (χ1n) is 8.19. The number of hydrogen-bond acceptors (Lipinski definition) is 8. The Labute approximate surface area is 158 Å². The minimum Gasteiger partial charge on any atom is -0.497 e. The fraction of sp³-hybridized carbons (Fsp3) is 0.167. The number of ether oxygens (including phenoxy) is 1. The van der Waals surface area contributed by atoms with Crippen LogP contribution in [0.4, 0.5) is 5.13 Å². The zero-order chi connectivity index (χ0) is 18.6. The predicted molar refractivity (Wildman–Crippen MR) is 101 cm³/mol. The molecule has 9 heteroatoms. The summed E-state index contributed by atoms with van der Waals surface area (Å²) in [5, 5.41) is 7.28. The molecule has 4 rings (SSSR count). The van der Waals surface area contributed by atoms with Gasteiger partial charge in [0.1, 0.15) is 5.75 Å². The average Bonchev–Trinajstić information content (AvgIpc) is 3.33. The zero-order valence-corrected chi connectivity index (χ0v) is 15.2. The number of rotatable bonds is 6. The number of aryl methyl sites for hydroxylation is 1. The van der Waals surface area contributed by atoms with Gasteiger partial charge < -0.3 is 14.6 Å². The maximum Gasteiger partial charge on any atom is 0.227 e. The van der Waals surface area contributed by atoms with Gasteiger partial charge in [-0.25, -0.2) is 4.98 Å². The lowest BCUT2D eigenvalue weighted by Gasteiger charge is -1.98. The summed E-state index contributed by atoms with van der Waals surface area (Å²) >= 11 is 1.40. The van der Waals surface area contributed by atoms with E-state index in [1.807, 2.05) is 18.2 Å². The minimum atomic E-state index is -0.162. The highest BCUT2D eigenvalue weighted by Gasteiger charge is 2.12. The molecule has 3 heterocycles. The van der Waals surface area contributed by atoms with Crippen LogP contribution in [0.5, 0.6) is 5.75 Å². The van der Waals surface area contributed by atoms with Crippen LogP contribution in [0.1, 0.15) is 12.3 Å². The summed E-state index contributed by atoms with van der Waals surface area (Å²) < 4.78 is 11.4. The van der Waals surface area contributed by atoms with Gasteiger partial charge in [-0.1, -0.05) is 16.5 Å². The van der Waals surface area contributed by atoms with Gasteiger partial charge in [0.05, 0.1) is 17.3 Å². The highest BCUT2D eigenvalue weighted by Crippen LogP contribution is 2.29. The summed E-state index contributed by atoms with van der Waals surface area (Å²) in [6.45, 7) is 0. The second-order valence-corrected chi connectivity index (χ2v) is 6.68. The van der Waals surface area contributed by atoms with Gasteiger partial charge in [0, 0.05) is 30.8 Å². The number of thiazole rings is 1. The first-order chi connectivity index (χ1) is 13.2. The Morgan fingerprint density at radius 2 is 2.07 bits per heavy atom.